The van der Waals surface area contributed by atoms with E-state index in [2.05, 4.69) is 37.1 Å². The molecule has 7 nitrogen and oxygen atoms in total. The summed E-state index contributed by atoms with van der Waals surface area (Å²) in [6.07, 6.45) is 4.45. The predicted molar refractivity (Wildman–Crippen MR) is 149 cm³/mol. The van der Waals surface area contributed by atoms with E-state index in [1.165, 1.54) is 35.7 Å². The number of nitrogens with zero attached hydrogens (tertiary/aromatic N) is 3. The molecule has 190 valence electrons. The molecular formula is C28H28N4O3S2. The number of nitro benzene ring substituents is 1. The summed E-state index contributed by atoms with van der Waals surface area (Å²) in [7, 11) is 0. The third kappa shape index (κ3) is 6.09. The molecule has 0 unspecified atom stereocenters. The molecule has 2 aromatic carbocycles. The molecular weight excluding hydrogens is 504 g/mol. The van der Waals surface area contributed by atoms with Gasteiger partial charge in [-0.1, -0.05) is 44.7 Å². The van der Waals surface area contributed by atoms with Gasteiger partial charge in [0.1, 0.15) is 11.1 Å². The number of thiophene rings is 1. The van der Waals surface area contributed by atoms with Gasteiger partial charge in [-0.25, -0.2) is 4.99 Å². The first-order valence-electron chi connectivity index (χ1n) is 12.0. The van der Waals surface area contributed by atoms with Crippen molar-refractivity contribution >= 4 is 51.6 Å². The van der Waals surface area contributed by atoms with Crippen LogP contribution in [-0.2, 0) is 17.6 Å². The Morgan fingerprint density at radius 2 is 2.03 bits per heavy atom. The summed E-state index contributed by atoms with van der Waals surface area (Å²) in [6.45, 7) is 8.22. The number of anilines is 1. The maximum atomic E-state index is 11.6. The molecule has 3 aromatic rings. The number of benzene rings is 2. The molecule has 9 heteroatoms. The lowest BCUT2D eigenvalue weighted by molar-refractivity contribution is -0.384. The van der Waals surface area contributed by atoms with Crippen molar-refractivity contribution in [3.8, 4) is 6.07 Å². The molecule has 1 aliphatic rings. The largest absolute Gasteiger partial charge is 0.325 e. The van der Waals surface area contributed by atoms with E-state index in [0.29, 0.717) is 27.7 Å². The minimum atomic E-state index is -0.436. The van der Waals surface area contributed by atoms with Gasteiger partial charge in [0.25, 0.3) is 5.69 Å². The summed E-state index contributed by atoms with van der Waals surface area (Å²) in [5.74, 6) is 0.364. The van der Waals surface area contributed by atoms with Gasteiger partial charge < -0.3 is 5.32 Å². The SMILES string of the molecule is CC(=O)Nc1ccccc1Sc1ccc([N+](=O)[O-])cc1C=Nc1sc2c(c1C#N)CC[C@H](C(C)(C)C)C2. The van der Waals surface area contributed by atoms with Crippen LogP contribution in [0.15, 0.2) is 57.2 Å². The van der Waals surface area contributed by atoms with E-state index in [0.717, 1.165) is 34.6 Å². The average molecular weight is 533 g/mol. The van der Waals surface area contributed by atoms with Crippen LogP contribution in [0.4, 0.5) is 16.4 Å². The standard InChI is InChI=1S/C28H28N4O3S2/c1-17(33)31-23-7-5-6-8-25(23)36-24-12-10-20(32(34)35)13-18(24)16-30-27-22(15-29)21-11-9-19(28(2,3)4)14-26(21)37-27/h5-8,10,12-13,16,19H,9,11,14H2,1-4H3,(H,31,33)/t19-/m0/s1. The highest BCUT2D eigenvalue weighted by molar-refractivity contribution is 7.99. The second-order valence-electron chi connectivity index (χ2n) is 10.1. The number of rotatable bonds is 6. The number of fused-ring (bicyclic) bond motifs is 1. The van der Waals surface area contributed by atoms with E-state index in [1.54, 1.807) is 23.6 Å². The van der Waals surface area contributed by atoms with Gasteiger partial charge in [-0.2, -0.15) is 5.26 Å². The molecule has 0 aliphatic heterocycles. The Morgan fingerprint density at radius 3 is 2.70 bits per heavy atom. The van der Waals surface area contributed by atoms with Crippen LogP contribution in [0.3, 0.4) is 0 Å². The number of para-hydroxylation sites is 1. The fourth-order valence-electron chi connectivity index (χ4n) is 4.46. The van der Waals surface area contributed by atoms with E-state index in [1.807, 2.05) is 24.3 Å². The number of amides is 1. The minimum absolute atomic E-state index is 0.0417. The van der Waals surface area contributed by atoms with E-state index < -0.39 is 4.92 Å². The molecule has 1 atom stereocenters. The highest BCUT2D eigenvalue weighted by atomic mass is 32.2. The smallest absolute Gasteiger partial charge is 0.270 e. The molecule has 4 rings (SSSR count). The first-order chi connectivity index (χ1) is 17.6. The van der Waals surface area contributed by atoms with Crippen molar-refractivity contribution < 1.29 is 9.72 Å². The van der Waals surface area contributed by atoms with Crippen molar-refractivity contribution in [3.05, 3.63) is 74.1 Å². The number of hydrogen-bond donors (Lipinski definition) is 1. The van der Waals surface area contributed by atoms with Crippen LogP contribution in [0.2, 0.25) is 0 Å². The van der Waals surface area contributed by atoms with E-state index in [9.17, 15) is 20.2 Å². The van der Waals surface area contributed by atoms with Crippen molar-refractivity contribution in [2.24, 2.45) is 16.3 Å². The monoisotopic (exact) mass is 532 g/mol. The molecule has 1 heterocycles. The summed E-state index contributed by atoms with van der Waals surface area (Å²) in [5.41, 5.74) is 3.09. The highest BCUT2D eigenvalue weighted by Crippen LogP contribution is 2.45. The quantitative estimate of drug-likeness (QED) is 0.200. The molecule has 37 heavy (non-hydrogen) atoms. The van der Waals surface area contributed by atoms with Crippen LogP contribution in [0, 0.1) is 32.8 Å². The van der Waals surface area contributed by atoms with Gasteiger partial charge in [0.2, 0.25) is 5.91 Å². The second kappa shape index (κ2) is 10.9. The summed E-state index contributed by atoms with van der Waals surface area (Å²) < 4.78 is 0. The Bertz CT molecular complexity index is 1430. The molecule has 0 saturated heterocycles. The zero-order valence-corrected chi connectivity index (χ0v) is 22.8. The van der Waals surface area contributed by atoms with Crippen LogP contribution < -0.4 is 5.32 Å². The lowest BCUT2D eigenvalue weighted by Crippen LogP contribution is -2.26. The zero-order valence-electron chi connectivity index (χ0n) is 21.2. The average Bonchev–Trinajstić information content (AvgIpc) is 3.20. The van der Waals surface area contributed by atoms with Crippen LogP contribution in [0.1, 0.15) is 55.7 Å². The summed E-state index contributed by atoms with van der Waals surface area (Å²) in [6, 6.07) is 14.4. The van der Waals surface area contributed by atoms with Crippen LogP contribution >= 0.6 is 23.1 Å². The zero-order chi connectivity index (χ0) is 26.7. The summed E-state index contributed by atoms with van der Waals surface area (Å²) >= 11 is 2.94. The van der Waals surface area contributed by atoms with Crippen LogP contribution in [0.25, 0.3) is 0 Å². The van der Waals surface area contributed by atoms with Gasteiger partial charge in [0.05, 0.1) is 16.2 Å². The molecule has 0 spiro atoms. The van der Waals surface area contributed by atoms with E-state index in [4.69, 9.17) is 0 Å². The topological polar surface area (TPSA) is 108 Å². The molecule has 0 bridgehead atoms. The molecule has 1 aliphatic carbocycles. The summed E-state index contributed by atoms with van der Waals surface area (Å²) in [4.78, 5) is 30.1. The Balaban J connectivity index is 1.70. The van der Waals surface area contributed by atoms with Crippen molar-refractivity contribution in [2.45, 2.75) is 56.7 Å². The molecule has 1 N–H and O–H groups in total. The van der Waals surface area contributed by atoms with Gasteiger partial charge >= 0.3 is 0 Å². The van der Waals surface area contributed by atoms with Crippen molar-refractivity contribution in [2.75, 3.05) is 5.32 Å². The third-order valence-corrected chi connectivity index (χ3v) is 8.86. The number of carbonyl (C=O) groups excluding carboxylic acids is 1. The first kappa shape index (κ1) is 26.6. The van der Waals surface area contributed by atoms with Crippen molar-refractivity contribution in [1.82, 2.24) is 0 Å². The number of nitro groups is 1. The first-order valence-corrected chi connectivity index (χ1v) is 13.6. The molecule has 0 saturated carbocycles. The highest BCUT2D eigenvalue weighted by Gasteiger charge is 2.32. The Morgan fingerprint density at radius 1 is 1.27 bits per heavy atom. The number of aliphatic imine (C=N–C) groups is 1. The Hall–Kier alpha value is -3.48. The molecule has 1 aromatic heterocycles. The fraction of sp³-hybridized carbons (Fsp3) is 0.321. The van der Waals surface area contributed by atoms with Gasteiger partial charge in [-0.3, -0.25) is 14.9 Å². The molecule has 1 amide bonds. The number of nitrogens with one attached hydrogen (secondary N) is 1. The number of nitriles is 1. The van der Waals surface area contributed by atoms with E-state index >= 15 is 0 Å². The van der Waals surface area contributed by atoms with Crippen LogP contribution in [0.5, 0.6) is 0 Å². The van der Waals surface area contributed by atoms with Crippen LogP contribution in [-0.4, -0.2) is 17.0 Å². The summed E-state index contributed by atoms with van der Waals surface area (Å²) in [5, 5.41) is 24.9. The van der Waals surface area contributed by atoms with Crippen molar-refractivity contribution in [1.29, 1.82) is 5.26 Å². The Labute approximate surface area is 224 Å². The number of carbonyl (C=O) groups is 1. The lowest BCUT2D eigenvalue weighted by Gasteiger charge is -2.33. The molecule has 0 radical (unpaired) electrons. The Kier molecular flexibility index (Phi) is 7.81. The minimum Gasteiger partial charge on any atom is -0.325 e. The van der Waals surface area contributed by atoms with Crippen molar-refractivity contribution in [3.63, 3.8) is 0 Å². The van der Waals surface area contributed by atoms with Gasteiger partial charge in [-0.15, -0.1) is 11.3 Å². The third-order valence-electron chi connectivity index (χ3n) is 6.53. The maximum absolute atomic E-state index is 11.6. The second-order valence-corrected chi connectivity index (χ2v) is 12.3. The lowest BCUT2D eigenvalue weighted by atomic mass is 9.72. The van der Waals surface area contributed by atoms with Gasteiger partial charge in [0.15, 0.2) is 0 Å². The van der Waals surface area contributed by atoms with Gasteiger partial charge in [-0.05, 0) is 54.4 Å². The maximum Gasteiger partial charge on any atom is 0.270 e. The molecule has 0 fully saturated rings. The normalized spacial score (nSPS) is 15.3. The van der Waals surface area contributed by atoms with Gasteiger partial charge in [0, 0.05) is 45.5 Å². The fourth-order valence-corrected chi connectivity index (χ4v) is 6.66. The number of hydrogen-bond acceptors (Lipinski definition) is 7. The predicted octanol–water partition coefficient (Wildman–Crippen LogP) is 7.54. The van der Waals surface area contributed by atoms with E-state index in [-0.39, 0.29) is 17.0 Å². The number of non-ortho nitro benzene ring substituents is 1.